The van der Waals surface area contributed by atoms with Crippen LogP contribution in [0.1, 0.15) is 39.3 Å². The number of carbonyl (C=O) groups is 2. The summed E-state index contributed by atoms with van der Waals surface area (Å²) in [5, 5.41) is 5.37. The van der Waals surface area contributed by atoms with E-state index in [1.54, 1.807) is 39.8 Å². The van der Waals surface area contributed by atoms with Gasteiger partial charge in [0.05, 0.1) is 32.9 Å². The molecule has 0 bridgehead atoms. The van der Waals surface area contributed by atoms with Crippen molar-refractivity contribution in [1.82, 2.24) is 10.6 Å². The quantitative estimate of drug-likeness (QED) is 0.765. The number of ether oxygens (including phenoxy) is 4. The summed E-state index contributed by atoms with van der Waals surface area (Å²) >= 11 is 0. The van der Waals surface area contributed by atoms with Gasteiger partial charge in [0.25, 0.3) is 0 Å². The number of benzene rings is 1. The van der Waals surface area contributed by atoms with Crippen LogP contribution in [0.2, 0.25) is 0 Å². The maximum absolute atomic E-state index is 12.8. The fourth-order valence-electron chi connectivity index (χ4n) is 2.81. The van der Waals surface area contributed by atoms with Crippen molar-refractivity contribution in [1.29, 1.82) is 0 Å². The summed E-state index contributed by atoms with van der Waals surface area (Å²) in [6.07, 6.45) is 0. The highest BCUT2D eigenvalue weighted by atomic mass is 16.6. The van der Waals surface area contributed by atoms with Crippen LogP contribution in [0, 0.1) is 0 Å². The van der Waals surface area contributed by atoms with Gasteiger partial charge < -0.3 is 29.6 Å². The van der Waals surface area contributed by atoms with Crippen molar-refractivity contribution in [3.63, 3.8) is 0 Å². The van der Waals surface area contributed by atoms with Crippen LogP contribution in [0.5, 0.6) is 17.2 Å². The molecule has 2 amide bonds. The number of methoxy groups -OCH3 is 3. The Morgan fingerprint density at radius 2 is 1.56 bits per heavy atom. The van der Waals surface area contributed by atoms with Gasteiger partial charge in [-0.25, -0.2) is 9.59 Å². The second kappa shape index (κ2) is 7.77. The predicted octanol–water partition coefficient (Wildman–Crippen LogP) is 2.68. The number of hydrogen-bond acceptors (Lipinski definition) is 6. The van der Waals surface area contributed by atoms with Gasteiger partial charge >= 0.3 is 12.0 Å². The van der Waals surface area contributed by atoms with E-state index in [9.17, 15) is 9.59 Å². The number of allylic oxidation sites excluding steroid dienone is 1. The average molecular weight is 378 g/mol. The molecule has 0 aliphatic carbocycles. The number of esters is 1. The minimum absolute atomic E-state index is 0.287. The first-order valence-electron chi connectivity index (χ1n) is 8.42. The molecule has 0 aromatic heterocycles. The number of hydrogen-bond donors (Lipinski definition) is 2. The first-order valence-corrected chi connectivity index (χ1v) is 8.42. The van der Waals surface area contributed by atoms with Gasteiger partial charge in [0.1, 0.15) is 11.4 Å². The Morgan fingerprint density at radius 1 is 1.00 bits per heavy atom. The second-order valence-electron chi connectivity index (χ2n) is 7.02. The Bertz CT molecular complexity index is 779. The Kier molecular flexibility index (Phi) is 5.88. The van der Waals surface area contributed by atoms with Gasteiger partial charge in [-0.3, -0.25) is 0 Å². The molecule has 0 saturated carbocycles. The van der Waals surface area contributed by atoms with Crippen molar-refractivity contribution in [2.75, 3.05) is 21.3 Å². The van der Waals surface area contributed by atoms with Crippen molar-refractivity contribution >= 4 is 12.0 Å². The van der Waals surface area contributed by atoms with Gasteiger partial charge in [-0.2, -0.15) is 0 Å². The molecule has 0 radical (unpaired) electrons. The summed E-state index contributed by atoms with van der Waals surface area (Å²) in [4.78, 5) is 24.9. The van der Waals surface area contributed by atoms with Gasteiger partial charge in [0.2, 0.25) is 0 Å². The molecule has 0 saturated heterocycles. The number of rotatable bonds is 5. The molecule has 0 unspecified atom stereocenters. The minimum Gasteiger partial charge on any atom is -0.496 e. The van der Waals surface area contributed by atoms with Crippen LogP contribution in [0.25, 0.3) is 0 Å². The highest BCUT2D eigenvalue weighted by Gasteiger charge is 2.36. The third-order valence-corrected chi connectivity index (χ3v) is 3.93. The summed E-state index contributed by atoms with van der Waals surface area (Å²) in [6.45, 7) is 6.99. The molecular formula is C19H26N2O6. The van der Waals surface area contributed by atoms with E-state index in [-0.39, 0.29) is 5.57 Å². The van der Waals surface area contributed by atoms with Crippen LogP contribution in [0.4, 0.5) is 4.79 Å². The summed E-state index contributed by atoms with van der Waals surface area (Å²) in [7, 11) is 4.52. The molecule has 1 aliphatic heterocycles. The van der Waals surface area contributed by atoms with Crippen molar-refractivity contribution in [2.45, 2.75) is 39.3 Å². The van der Waals surface area contributed by atoms with Crippen LogP contribution in [0.3, 0.4) is 0 Å². The molecule has 8 heteroatoms. The van der Waals surface area contributed by atoms with Crippen LogP contribution in [0.15, 0.2) is 23.4 Å². The fourth-order valence-corrected chi connectivity index (χ4v) is 2.81. The number of amides is 2. The van der Waals surface area contributed by atoms with Gasteiger partial charge in [-0.15, -0.1) is 0 Å². The number of carbonyl (C=O) groups excluding carboxylic acids is 2. The minimum atomic E-state index is -0.775. The Balaban J connectivity index is 2.61. The molecule has 2 N–H and O–H groups in total. The first-order chi connectivity index (χ1) is 12.6. The zero-order valence-corrected chi connectivity index (χ0v) is 16.7. The molecule has 1 aromatic carbocycles. The second-order valence-corrected chi connectivity index (χ2v) is 7.02. The van der Waals surface area contributed by atoms with Crippen LogP contribution < -0.4 is 24.8 Å². The Hall–Kier alpha value is -2.90. The normalized spacial score (nSPS) is 17.0. The summed E-state index contributed by atoms with van der Waals surface area (Å²) in [6, 6.07) is 2.11. The standard InChI is InChI=1S/C19H26N2O6/c1-10-15(17(22)27-19(2,3)4)16(21-18(23)20-10)11-8-13(25-6)14(26-7)9-12(11)24-5/h8-9,16H,1-7H3,(H2,20,21,23)/t16-/m0/s1. The maximum Gasteiger partial charge on any atom is 0.338 e. The lowest BCUT2D eigenvalue weighted by Gasteiger charge is -2.31. The molecule has 1 heterocycles. The van der Waals surface area contributed by atoms with Crippen LogP contribution >= 0.6 is 0 Å². The Labute approximate surface area is 158 Å². The highest BCUT2D eigenvalue weighted by molar-refractivity contribution is 5.95. The molecule has 0 spiro atoms. The fraction of sp³-hybridized carbons (Fsp3) is 0.474. The average Bonchev–Trinajstić information content (AvgIpc) is 2.57. The highest BCUT2D eigenvalue weighted by Crippen LogP contribution is 2.41. The van der Waals surface area contributed by atoms with Crippen LogP contribution in [-0.4, -0.2) is 38.9 Å². The lowest BCUT2D eigenvalue weighted by molar-refractivity contribution is -0.150. The van der Waals surface area contributed by atoms with Crippen LogP contribution in [-0.2, 0) is 9.53 Å². The molecule has 1 aromatic rings. The van der Waals surface area contributed by atoms with E-state index in [4.69, 9.17) is 18.9 Å². The molecule has 8 nitrogen and oxygen atoms in total. The summed E-state index contributed by atoms with van der Waals surface area (Å²) < 4.78 is 21.6. The van der Waals surface area contributed by atoms with Crippen molar-refractivity contribution in [2.24, 2.45) is 0 Å². The third-order valence-electron chi connectivity index (χ3n) is 3.93. The van der Waals surface area contributed by atoms with E-state index in [1.165, 1.54) is 21.3 Å². The van der Waals surface area contributed by atoms with Gasteiger partial charge in [-0.05, 0) is 33.8 Å². The SMILES string of the molecule is COc1cc(OC)c([C@@H]2NC(=O)NC(C)=C2C(=O)OC(C)(C)C)cc1OC. The van der Waals surface area contributed by atoms with E-state index in [0.717, 1.165) is 0 Å². The smallest absolute Gasteiger partial charge is 0.338 e. The van der Waals surface area contributed by atoms with Crippen molar-refractivity contribution in [3.8, 4) is 17.2 Å². The molecular weight excluding hydrogens is 352 g/mol. The molecule has 27 heavy (non-hydrogen) atoms. The van der Waals surface area contributed by atoms with E-state index in [1.807, 2.05) is 0 Å². The molecule has 2 rings (SSSR count). The lowest BCUT2D eigenvalue weighted by Crippen LogP contribution is -2.46. The lowest BCUT2D eigenvalue weighted by atomic mass is 9.94. The monoisotopic (exact) mass is 378 g/mol. The zero-order chi connectivity index (χ0) is 20.4. The van der Waals surface area contributed by atoms with Gasteiger partial charge in [0.15, 0.2) is 11.5 Å². The Morgan fingerprint density at radius 3 is 2.07 bits per heavy atom. The van der Waals surface area contributed by atoms with Gasteiger partial charge in [-0.1, -0.05) is 0 Å². The first kappa shape index (κ1) is 20.4. The molecule has 1 atom stereocenters. The van der Waals surface area contributed by atoms with E-state index < -0.39 is 23.6 Å². The van der Waals surface area contributed by atoms with Crippen molar-refractivity contribution < 1.29 is 28.5 Å². The maximum atomic E-state index is 12.8. The number of urea groups is 1. The predicted molar refractivity (Wildman–Crippen MR) is 99.1 cm³/mol. The molecule has 148 valence electrons. The molecule has 1 aliphatic rings. The topological polar surface area (TPSA) is 95.1 Å². The number of nitrogens with one attached hydrogen (secondary N) is 2. The van der Waals surface area contributed by atoms with E-state index in [0.29, 0.717) is 28.5 Å². The summed E-state index contributed by atoms with van der Waals surface area (Å²) in [5.41, 5.74) is 0.563. The largest absolute Gasteiger partial charge is 0.496 e. The molecule has 0 fully saturated rings. The summed E-state index contributed by atoms with van der Waals surface area (Å²) in [5.74, 6) is 0.822. The van der Waals surface area contributed by atoms with Gasteiger partial charge in [0, 0.05) is 17.3 Å². The zero-order valence-electron chi connectivity index (χ0n) is 16.7. The van der Waals surface area contributed by atoms with Crippen molar-refractivity contribution in [3.05, 3.63) is 29.0 Å². The third kappa shape index (κ3) is 4.45. The van der Waals surface area contributed by atoms with E-state index in [2.05, 4.69) is 10.6 Å². The van der Waals surface area contributed by atoms with E-state index >= 15 is 0 Å².